The van der Waals surface area contributed by atoms with Crippen molar-refractivity contribution >= 4 is 0 Å². The molecule has 3 nitrogen and oxygen atoms in total. The van der Waals surface area contributed by atoms with Crippen LogP contribution < -0.4 is 5.32 Å². The summed E-state index contributed by atoms with van der Waals surface area (Å²) in [6.45, 7) is 5.67. The maximum atomic E-state index is 4.40. The molecule has 0 spiro atoms. The molecule has 2 rings (SSSR count). The summed E-state index contributed by atoms with van der Waals surface area (Å²) in [5.41, 5.74) is 2.28. The number of aromatic nitrogens is 2. The van der Waals surface area contributed by atoms with Crippen LogP contribution in [0, 0.1) is 0 Å². The normalized spacial score (nSPS) is 10.4. The lowest BCUT2D eigenvalue weighted by Crippen LogP contribution is -2.14. The third-order valence-electron chi connectivity index (χ3n) is 2.57. The predicted octanol–water partition coefficient (Wildman–Crippen LogP) is 2.33. The van der Waals surface area contributed by atoms with Gasteiger partial charge in [0.2, 0.25) is 0 Å². The van der Waals surface area contributed by atoms with Crippen LogP contribution in [0.1, 0.15) is 0 Å². The molecule has 0 saturated carbocycles. The molecule has 1 N–H and O–H groups in total. The fourth-order valence-corrected chi connectivity index (χ4v) is 1.83. The minimum absolute atomic E-state index is 0.797. The average molecular weight is 227 g/mol. The summed E-state index contributed by atoms with van der Waals surface area (Å²) < 4.78 is 2.12. The molecule has 0 aliphatic heterocycles. The van der Waals surface area contributed by atoms with Gasteiger partial charge in [-0.25, -0.2) is 4.98 Å². The van der Waals surface area contributed by atoms with Gasteiger partial charge >= 0.3 is 0 Å². The van der Waals surface area contributed by atoms with E-state index >= 15 is 0 Å². The van der Waals surface area contributed by atoms with Crippen molar-refractivity contribution in [2.24, 2.45) is 0 Å². The topological polar surface area (TPSA) is 29.9 Å². The highest BCUT2D eigenvalue weighted by molar-refractivity contribution is 5.55. The van der Waals surface area contributed by atoms with Crippen LogP contribution in [0.4, 0.5) is 0 Å². The SMILES string of the molecule is C=C(CNC)Cn1ccnc1-c1ccccc1. The zero-order valence-electron chi connectivity index (χ0n) is 10.1. The molecule has 1 aromatic heterocycles. The Morgan fingerprint density at radius 1 is 1.35 bits per heavy atom. The molecule has 0 radical (unpaired) electrons. The van der Waals surface area contributed by atoms with Gasteiger partial charge in [0, 0.05) is 31.0 Å². The molecule has 0 fully saturated rings. The van der Waals surface area contributed by atoms with E-state index in [0.717, 1.165) is 30.1 Å². The standard InChI is InChI=1S/C14H17N3/c1-12(10-15-2)11-17-9-8-16-14(17)13-6-4-3-5-7-13/h3-9,15H,1,10-11H2,2H3. The van der Waals surface area contributed by atoms with Crippen LogP contribution >= 0.6 is 0 Å². The Kier molecular flexibility index (Phi) is 3.73. The van der Waals surface area contributed by atoms with E-state index in [2.05, 4.69) is 33.6 Å². The Bertz CT molecular complexity index is 485. The van der Waals surface area contributed by atoms with Crippen molar-refractivity contribution in [3.05, 3.63) is 54.9 Å². The Labute approximate surface area is 102 Å². The molecule has 0 bridgehead atoms. The summed E-state index contributed by atoms with van der Waals surface area (Å²) >= 11 is 0. The molecular formula is C14H17N3. The highest BCUT2D eigenvalue weighted by atomic mass is 15.1. The molecule has 2 aromatic rings. The summed E-state index contributed by atoms with van der Waals surface area (Å²) in [4.78, 5) is 4.40. The van der Waals surface area contributed by atoms with E-state index in [9.17, 15) is 0 Å². The second-order valence-corrected chi connectivity index (χ2v) is 4.03. The number of imidazole rings is 1. The number of rotatable bonds is 5. The molecule has 88 valence electrons. The summed E-state index contributed by atoms with van der Waals surface area (Å²) in [5, 5.41) is 3.11. The molecule has 0 saturated heterocycles. The van der Waals surface area contributed by atoms with Gasteiger partial charge in [-0.3, -0.25) is 0 Å². The van der Waals surface area contributed by atoms with Crippen molar-refractivity contribution < 1.29 is 0 Å². The first-order valence-corrected chi connectivity index (χ1v) is 5.69. The van der Waals surface area contributed by atoms with E-state index < -0.39 is 0 Å². The van der Waals surface area contributed by atoms with Gasteiger partial charge < -0.3 is 9.88 Å². The predicted molar refractivity (Wildman–Crippen MR) is 70.7 cm³/mol. The van der Waals surface area contributed by atoms with Crippen molar-refractivity contribution in [3.63, 3.8) is 0 Å². The molecule has 0 atom stereocenters. The quantitative estimate of drug-likeness (QED) is 0.794. The third kappa shape index (κ3) is 2.82. The van der Waals surface area contributed by atoms with E-state index in [4.69, 9.17) is 0 Å². The van der Waals surface area contributed by atoms with E-state index in [0.29, 0.717) is 0 Å². The van der Waals surface area contributed by atoms with E-state index in [1.807, 2.05) is 37.6 Å². The molecule has 0 aliphatic rings. The first-order valence-electron chi connectivity index (χ1n) is 5.69. The van der Waals surface area contributed by atoms with Crippen LogP contribution in [0.15, 0.2) is 54.9 Å². The molecule has 1 heterocycles. The monoisotopic (exact) mass is 227 g/mol. The molecule has 1 aromatic carbocycles. The van der Waals surface area contributed by atoms with Crippen LogP contribution in [-0.2, 0) is 6.54 Å². The van der Waals surface area contributed by atoms with E-state index in [-0.39, 0.29) is 0 Å². The largest absolute Gasteiger partial charge is 0.327 e. The van der Waals surface area contributed by atoms with Gasteiger partial charge in [0.05, 0.1) is 0 Å². The second-order valence-electron chi connectivity index (χ2n) is 4.03. The summed E-state index contributed by atoms with van der Waals surface area (Å²) in [7, 11) is 1.93. The van der Waals surface area contributed by atoms with Crippen molar-refractivity contribution in [1.82, 2.24) is 14.9 Å². The number of hydrogen-bond acceptors (Lipinski definition) is 2. The molecule has 0 unspecified atom stereocenters. The minimum atomic E-state index is 0.797. The zero-order chi connectivity index (χ0) is 12.1. The van der Waals surface area contributed by atoms with Crippen LogP contribution in [0.25, 0.3) is 11.4 Å². The minimum Gasteiger partial charge on any atom is -0.327 e. The highest BCUT2D eigenvalue weighted by Crippen LogP contribution is 2.17. The maximum absolute atomic E-state index is 4.40. The molecule has 0 amide bonds. The van der Waals surface area contributed by atoms with Crippen molar-refractivity contribution in [2.75, 3.05) is 13.6 Å². The number of hydrogen-bond donors (Lipinski definition) is 1. The summed E-state index contributed by atoms with van der Waals surface area (Å²) in [6, 6.07) is 10.2. The van der Waals surface area contributed by atoms with Crippen LogP contribution in [-0.4, -0.2) is 23.1 Å². The smallest absolute Gasteiger partial charge is 0.140 e. The lowest BCUT2D eigenvalue weighted by Gasteiger charge is -2.09. The Morgan fingerprint density at radius 2 is 2.12 bits per heavy atom. The van der Waals surface area contributed by atoms with Crippen molar-refractivity contribution in [3.8, 4) is 11.4 Å². The lowest BCUT2D eigenvalue weighted by molar-refractivity contribution is 0.742. The van der Waals surface area contributed by atoms with Gasteiger partial charge in [0.25, 0.3) is 0 Å². The third-order valence-corrected chi connectivity index (χ3v) is 2.57. The Morgan fingerprint density at radius 3 is 2.82 bits per heavy atom. The highest BCUT2D eigenvalue weighted by Gasteiger charge is 2.05. The Balaban J connectivity index is 2.20. The number of nitrogens with one attached hydrogen (secondary N) is 1. The fraction of sp³-hybridized carbons (Fsp3) is 0.214. The van der Waals surface area contributed by atoms with Gasteiger partial charge in [-0.1, -0.05) is 36.9 Å². The maximum Gasteiger partial charge on any atom is 0.140 e. The molecule has 0 aliphatic carbocycles. The van der Waals surface area contributed by atoms with Gasteiger partial charge in [-0.2, -0.15) is 0 Å². The van der Waals surface area contributed by atoms with Gasteiger partial charge in [0.15, 0.2) is 0 Å². The number of benzene rings is 1. The first kappa shape index (κ1) is 11.6. The fourth-order valence-electron chi connectivity index (χ4n) is 1.83. The van der Waals surface area contributed by atoms with Gasteiger partial charge in [-0.05, 0) is 12.6 Å². The average Bonchev–Trinajstić information content (AvgIpc) is 2.78. The van der Waals surface area contributed by atoms with Gasteiger partial charge in [-0.15, -0.1) is 0 Å². The summed E-state index contributed by atoms with van der Waals surface area (Å²) in [5.74, 6) is 0.989. The van der Waals surface area contributed by atoms with Gasteiger partial charge in [0.1, 0.15) is 5.82 Å². The van der Waals surface area contributed by atoms with Crippen LogP contribution in [0.5, 0.6) is 0 Å². The van der Waals surface area contributed by atoms with Crippen molar-refractivity contribution in [2.45, 2.75) is 6.54 Å². The number of nitrogens with zero attached hydrogens (tertiary/aromatic N) is 2. The lowest BCUT2D eigenvalue weighted by atomic mass is 10.2. The molecule has 3 heteroatoms. The first-order chi connectivity index (χ1) is 8.31. The zero-order valence-corrected chi connectivity index (χ0v) is 10.1. The van der Waals surface area contributed by atoms with E-state index in [1.54, 1.807) is 0 Å². The molecular weight excluding hydrogens is 210 g/mol. The number of likely N-dealkylation sites (N-methyl/N-ethyl adjacent to an activating group) is 1. The second kappa shape index (κ2) is 5.46. The van der Waals surface area contributed by atoms with E-state index in [1.165, 1.54) is 0 Å². The Hall–Kier alpha value is -1.87. The van der Waals surface area contributed by atoms with Crippen LogP contribution in [0.3, 0.4) is 0 Å². The van der Waals surface area contributed by atoms with Crippen LogP contribution in [0.2, 0.25) is 0 Å². The summed E-state index contributed by atoms with van der Waals surface area (Å²) in [6.07, 6.45) is 3.82. The van der Waals surface area contributed by atoms with Crippen molar-refractivity contribution in [1.29, 1.82) is 0 Å². The molecule has 17 heavy (non-hydrogen) atoms.